The number of carbonyl (C=O) groups excluding carboxylic acids is 1. The summed E-state index contributed by atoms with van der Waals surface area (Å²) in [6.45, 7) is 3.96. The van der Waals surface area contributed by atoms with Crippen LogP contribution in [0.4, 0.5) is 0 Å². The minimum atomic E-state index is -0.395. The highest BCUT2D eigenvalue weighted by atomic mass is 35.5. The lowest BCUT2D eigenvalue weighted by molar-refractivity contribution is 0.0599. The van der Waals surface area contributed by atoms with Gasteiger partial charge in [-0.25, -0.2) is 4.79 Å². The molecule has 134 valence electrons. The van der Waals surface area contributed by atoms with E-state index in [2.05, 4.69) is 4.90 Å². The summed E-state index contributed by atoms with van der Waals surface area (Å²) in [5.41, 5.74) is 1.46. The summed E-state index contributed by atoms with van der Waals surface area (Å²) >= 11 is 6.27. The average molecular weight is 366 g/mol. The number of methoxy groups -OCH3 is 1. The number of benzene rings is 1. The van der Waals surface area contributed by atoms with Crippen LogP contribution in [0.3, 0.4) is 0 Å². The minimum absolute atomic E-state index is 0.395. The monoisotopic (exact) mass is 365 g/mol. The van der Waals surface area contributed by atoms with Gasteiger partial charge in [0.2, 0.25) is 0 Å². The Bertz CT molecular complexity index is 786. The molecule has 0 spiro atoms. The maximum Gasteiger partial charge on any atom is 0.341 e. The number of nitrogens with zero attached hydrogens (tertiary/aromatic N) is 1. The molecule has 25 heavy (non-hydrogen) atoms. The molecular formula is C18H20ClNO5. The highest BCUT2D eigenvalue weighted by Crippen LogP contribution is 2.38. The summed E-state index contributed by atoms with van der Waals surface area (Å²) in [4.78, 5) is 13.7. The molecule has 7 heteroatoms. The molecule has 0 saturated carbocycles. The molecule has 2 aromatic rings. The lowest BCUT2D eigenvalue weighted by Crippen LogP contribution is -2.19. The molecule has 0 bridgehead atoms. The molecule has 0 fully saturated rings. The third kappa shape index (κ3) is 3.91. The summed E-state index contributed by atoms with van der Waals surface area (Å²) < 4.78 is 21.5. The number of fused-ring (bicyclic) bond motifs is 1. The van der Waals surface area contributed by atoms with Crippen LogP contribution in [0.15, 0.2) is 22.6 Å². The van der Waals surface area contributed by atoms with Crippen molar-refractivity contribution in [2.24, 2.45) is 0 Å². The molecule has 3 rings (SSSR count). The van der Waals surface area contributed by atoms with Gasteiger partial charge in [-0.05, 0) is 37.7 Å². The number of rotatable bonds is 5. The molecule has 0 saturated heterocycles. The van der Waals surface area contributed by atoms with E-state index in [-0.39, 0.29) is 0 Å². The Labute approximate surface area is 151 Å². The van der Waals surface area contributed by atoms with E-state index in [1.165, 1.54) is 7.11 Å². The van der Waals surface area contributed by atoms with Crippen molar-refractivity contribution in [3.05, 3.63) is 45.9 Å². The first-order chi connectivity index (χ1) is 12.0. The summed E-state index contributed by atoms with van der Waals surface area (Å²) in [6.07, 6.45) is 0. The van der Waals surface area contributed by atoms with Crippen molar-refractivity contribution in [3.63, 3.8) is 0 Å². The number of furan rings is 1. The van der Waals surface area contributed by atoms with Crippen LogP contribution in [-0.2, 0) is 17.8 Å². The zero-order valence-corrected chi connectivity index (χ0v) is 15.2. The Balaban J connectivity index is 1.70. The second-order valence-electron chi connectivity index (χ2n) is 5.95. The van der Waals surface area contributed by atoms with Crippen LogP contribution in [0, 0.1) is 6.92 Å². The van der Waals surface area contributed by atoms with Gasteiger partial charge < -0.3 is 18.6 Å². The Morgan fingerprint density at radius 3 is 2.76 bits per heavy atom. The fraction of sp³-hybridized carbons (Fsp3) is 0.389. The molecule has 1 aliphatic heterocycles. The molecular weight excluding hydrogens is 346 g/mol. The van der Waals surface area contributed by atoms with Gasteiger partial charge in [0, 0.05) is 6.54 Å². The van der Waals surface area contributed by atoms with Gasteiger partial charge in [0.15, 0.2) is 11.5 Å². The summed E-state index contributed by atoms with van der Waals surface area (Å²) in [6, 6.07) is 5.53. The van der Waals surface area contributed by atoms with Crippen LogP contribution in [-0.4, -0.2) is 38.2 Å². The lowest BCUT2D eigenvalue weighted by Gasteiger charge is -2.22. The van der Waals surface area contributed by atoms with E-state index in [0.29, 0.717) is 59.9 Å². The third-order valence-corrected chi connectivity index (χ3v) is 4.19. The fourth-order valence-corrected chi connectivity index (χ4v) is 3.11. The van der Waals surface area contributed by atoms with Crippen molar-refractivity contribution in [3.8, 4) is 11.5 Å². The third-order valence-electron chi connectivity index (χ3n) is 3.91. The van der Waals surface area contributed by atoms with Crippen molar-refractivity contribution < 1.29 is 23.4 Å². The van der Waals surface area contributed by atoms with Crippen LogP contribution >= 0.6 is 11.6 Å². The molecule has 0 aliphatic carbocycles. The van der Waals surface area contributed by atoms with E-state index in [4.69, 9.17) is 30.2 Å². The molecule has 1 aromatic heterocycles. The second-order valence-corrected chi connectivity index (χ2v) is 6.36. The molecule has 1 aliphatic rings. The number of esters is 1. The van der Waals surface area contributed by atoms with Crippen molar-refractivity contribution in [1.82, 2.24) is 4.90 Å². The molecule has 0 unspecified atom stereocenters. The number of carbonyl (C=O) groups is 1. The predicted molar refractivity (Wildman–Crippen MR) is 92.4 cm³/mol. The van der Waals surface area contributed by atoms with Gasteiger partial charge in [-0.1, -0.05) is 11.6 Å². The van der Waals surface area contributed by atoms with Crippen molar-refractivity contribution in [2.45, 2.75) is 20.0 Å². The van der Waals surface area contributed by atoms with Crippen molar-refractivity contribution >= 4 is 17.6 Å². The molecule has 0 atom stereocenters. The van der Waals surface area contributed by atoms with E-state index >= 15 is 0 Å². The quantitative estimate of drug-likeness (QED) is 0.756. The van der Waals surface area contributed by atoms with Crippen molar-refractivity contribution in [2.75, 3.05) is 27.4 Å². The molecule has 6 nitrogen and oxygen atoms in total. The summed E-state index contributed by atoms with van der Waals surface area (Å²) in [5.74, 6) is 2.13. The van der Waals surface area contributed by atoms with Gasteiger partial charge in [0.25, 0.3) is 0 Å². The topological polar surface area (TPSA) is 61.1 Å². The normalized spacial score (nSPS) is 13.2. The Morgan fingerprint density at radius 1 is 1.24 bits per heavy atom. The van der Waals surface area contributed by atoms with Gasteiger partial charge in [-0.3, -0.25) is 4.90 Å². The fourth-order valence-electron chi connectivity index (χ4n) is 2.82. The van der Waals surface area contributed by atoms with E-state index in [1.807, 2.05) is 19.2 Å². The van der Waals surface area contributed by atoms with Crippen LogP contribution in [0.25, 0.3) is 0 Å². The number of ether oxygens (including phenoxy) is 3. The molecule has 0 amide bonds. The average Bonchev–Trinajstić information content (AvgIpc) is 2.94. The molecule has 0 N–H and O–H groups in total. The summed E-state index contributed by atoms with van der Waals surface area (Å²) in [5, 5.41) is 0.544. The maximum absolute atomic E-state index is 11.7. The minimum Gasteiger partial charge on any atom is -0.486 e. The Morgan fingerprint density at radius 2 is 2.00 bits per heavy atom. The highest BCUT2D eigenvalue weighted by Gasteiger charge is 2.19. The molecule has 2 heterocycles. The van der Waals surface area contributed by atoms with Gasteiger partial charge in [-0.2, -0.15) is 0 Å². The van der Waals surface area contributed by atoms with Crippen molar-refractivity contribution in [1.29, 1.82) is 0 Å². The van der Waals surface area contributed by atoms with Crippen LogP contribution in [0.5, 0.6) is 11.5 Å². The Kier molecular flexibility index (Phi) is 5.20. The largest absolute Gasteiger partial charge is 0.486 e. The summed E-state index contributed by atoms with van der Waals surface area (Å²) in [7, 11) is 3.31. The first-order valence-corrected chi connectivity index (χ1v) is 8.30. The smallest absolute Gasteiger partial charge is 0.341 e. The van der Waals surface area contributed by atoms with E-state index in [1.54, 1.807) is 13.0 Å². The van der Waals surface area contributed by atoms with Gasteiger partial charge in [-0.15, -0.1) is 0 Å². The SMILES string of the molecule is COC(=O)c1cc(CN(C)Cc2cc(Cl)c3c(c2)OCCO3)oc1C. The second kappa shape index (κ2) is 7.37. The van der Waals surface area contributed by atoms with E-state index in [9.17, 15) is 4.79 Å². The Hall–Kier alpha value is -2.18. The molecule has 1 aromatic carbocycles. The molecule has 0 radical (unpaired) electrons. The van der Waals surface area contributed by atoms with E-state index in [0.717, 1.165) is 5.56 Å². The maximum atomic E-state index is 11.7. The zero-order chi connectivity index (χ0) is 18.0. The number of hydrogen-bond acceptors (Lipinski definition) is 6. The number of aryl methyl sites for hydroxylation is 1. The van der Waals surface area contributed by atoms with Gasteiger partial charge >= 0.3 is 5.97 Å². The van der Waals surface area contributed by atoms with Crippen LogP contribution in [0.2, 0.25) is 5.02 Å². The highest BCUT2D eigenvalue weighted by molar-refractivity contribution is 6.32. The number of hydrogen-bond donors (Lipinski definition) is 0. The number of halogens is 1. The standard InChI is InChI=1S/C18H20ClNO5/c1-11-14(18(21)22-3)8-13(25-11)10-20(2)9-12-6-15(19)17-16(7-12)23-4-5-24-17/h6-8H,4-5,9-10H2,1-3H3. The first-order valence-electron chi connectivity index (χ1n) is 7.92. The lowest BCUT2D eigenvalue weighted by atomic mass is 10.1. The predicted octanol–water partition coefficient (Wildman–Crippen LogP) is 3.43. The van der Waals surface area contributed by atoms with E-state index < -0.39 is 5.97 Å². The van der Waals surface area contributed by atoms with Crippen LogP contribution in [0.1, 0.15) is 27.4 Å². The van der Waals surface area contributed by atoms with Gasteiger partial charge in [0.05, 0.1) is 18.7 Å². The van der Waals surface area contributed by atoms with Crippen LogP contribution < -0.4 is 9.47 Å². The first kappa shape index (κ1) is 17.6. The van der Waals surface area contributed by atoms with Gasteiger partial charge in [0.1, 0.15) is 30.3 Å². The zero-order valence-electron chi connectivity index (χ0n) is 14.4.